The molecule has 2 aliphatic rings. The van der Waals surface area contributed by atoms with Gasteiger partial charge in [-0.1, -0.05) is 12.2 Å². The quantitative estimate of drug-likeness (QED) is 0.660. The van der Waals surface area contributed by atoms with Crippen molar-refractivity contribution in [1.29, 1.82) is 0 Å². The molecule has 1 aliphatic carbocycles. The Labute approximate surface area is 81.2 Å². The van der Waals surface area contributed by atoms with Crippen LogP contribution in [-0.4, -0.2) is 11.5 Å². The van der Waals surface area contributed by atoms with E-state index in [1.54, 1.807) is 6.26 Å². The number of fused-ring (bicyclic) bond motifs is 1. The van der Waals surface area contributed by atoms with Crippen LogP contribution in [0.1, 0.15) is 12.2 Å². The van der Waals surface area contributed by atoms with Crippen molar-refractivity contribution in [3.8, 4) is 0 Å². The molecule has 0 saturated carbocycles. The smallest absolute Gasteiger partial charge is 0.196 e. The molecule has 0 unspecified atom stereocenters. The normalized spacial score (nSPS) is 18.7. The Morgan fingerprint density at radius 3 is 3.07 bits per heavy atom. The van der Waals surface area contributed by atoms with E-state index >= 15 is 0 Å². The molecule has 2 heterocycles. The summed E-state index contributed by atoms with van der Waals surface area (Å²) in [5, 5.41) is 0. The number of furan rings is 1. The van der Waals surface area contributed by atoms with Gasteiger partial charge in [0.15, 0.2) is 11.6 Å². The molecule has 0 fully saturated rings. The number of hydrogen-bond acceptors (Lipinski definition) is 3. The number of amidine groups is 1. The van der Waals surface area contributed by atoms with Crippen LogP contribution < -0.4 is 0 Å². The molecular weight excluding hydrogens is 176 g/mol. The van der Waals surface area contributed by atoms with E-state index in [0.29, 0.717) is 5.84 Å². The lowest BCUT2D eigenvalue weighted by molar-refractivity contribution is 0.557. The summed E-state index contributed by atoms with van der Waals surface area (Å²) < 4.78 is 5.24. The minimum absolute atomic E-state index is 0.681. The van der Waals surface area contributed by atoms with Gasteiger partial charge in [0.1, 0.15) is 0 Å². The van der Waals surface area contributed by atoms with Crippen LogP contribution >= 0.6 is 0 Å². The molecule has 14 heavy (non-hydrogen) atoms. The van der Waals surface area contributed by atoms with E-state index in [4.69, 9.17) is 4.42 Å². The zero-order valence-corrected chi connectivity index (χ0v) is 7.47. The van der Waals surface area contributed by atoms with Crippen molar-refractivity contribution in [3.05, 3.63) is 48.1 Å². The number of rotatable bonds is 1. The summed E-state index contributed by atoms with van der Waals surface area (Å²) in [6.45, 7) is 0. The van der Waals surface area contributed by atoms with Crippen LogP contribution in [0.25, 0.3) is 0 Å². The third-order valence-corrected chi connectivity index (χ3v) is 2.21. The van der Waals surface area contributed by atoms with Crippen LogP contribution in [0, 0.1) is 0 Å². The van der Waals surface area contributed by atoms with Crippen LogP contribution in [-0.2, 0) is 0 Å². The first-order valence-corrected chi connectivity index (χ1v) is 4.51. The van der Waals surface area contributed by atoms with E-state index in [1.165, 1.54) is 0 Å². The molecule has 0 radical (unpaired) electrons. The van der Waals surface area contributed by atoms with Crippen molar-refractivity contribution in [3.63, 3.8) is 0 Å². The van der Waals surface area contributed by atoms with Crippen molar-refractivity contribution in [2.75, 3.05) is 0 Å². The minimum Gasteiger partial charge on any atom is -0.461 e. The van der Waals surface area contributed by atoms with E-state index in [1.807, 2.05) is 24.3 Å². The van der Waals surface area contributed by atoms with Crippen molar-refractivity contribution in [1.82, 2.24) is 0 Å². The lowest BCUT2D eigenvalue weighted by atomic mass is 10.1. The van der Waals surface area contributed by atoms with Gasteiger partial charge in [-0.15, -0.1) is 0 Å². The number of hydrogen-bond donors (Lipinski definition) is 0. The summed E-state index contributed by atoms with van der Waals surface area (Å²) in [4.78, 5) is 8.79. The second kappa shape index (κ2) is 2.80. The Kier molecular flexibility index (Phi) is 1.50. The lowest BCUT2D eigenvalue weighted by Gasteiger charge is -1.99. The van der Waals surface area contributed by atoms with E-state index in [2.05, 4.69) is 16.1 Å². The first-order chi connectivity index (χ1) is 6.93. The Morgan fingerprint density at radius 2 is 2.29 bits per heavy atom. The molecule has 0 aromatic carbocycles. The zero-order chi connectivity index (χ0) is 9.38. The molecule has 0 amide bonds. The Balaban J connectivity index is 2.04. The molecule has 1 aliphatic heterocycles. The fraction of sp³-hybridized carbons (Fsp3) is 0.0909. The maximum absolute atomic E-state index is 5.24. The van der Waals surface area contributed by atoms with Crippen molar-refractivity contribution >= 4 is 11.5 Å². The summed E-state index contributed by atoms with van der Waals surface area (Å²) in [6.07, 6.45) is 8.54. The van der Waals surface area contributed by atoms with Crippen LogP contribution in [0.15, 0.2) is 56.7 Å². The molecule has 3 rings (SSSR count). The Hall–Kier alpha value is -1.90. The second-order valence-electron chi connectivity index (χ2n) is 3.16. The van der Waals surface area contributed by atoms with Gasteiger partial charge < -0.3 is 4.42 Å². The number of aliphatic imine (C=N–C) groups is 2. The molecule has 0 bridgehead atoms. The van der Waals surface area contributed by atoms with E-state index in [0.717, 1.165) is 23.6 Å². The molecular formula is C11H8N2O. The van der Waals surface area contributed by atoms with E-state index < -0.39 is 0 Å². The largest absolute Gasteiger partial charge is 0.461 e. The lowest BCUT2D eigenvalue weighted by Crippen LogP contribution is -1.98. The first-order valence-electron chi connectivity index (χ1n) is 4.51. The third kappa shape index (κ3) is 1.06. The van der Waals surface area contributed by atoms with Crippen LogP contribution in [0.3, 0.4) is 0 Å². The molecule has 3 heteroatoms. The van der Waals surface area contributed by atoms with Gasteiger partial charge in [-0.25, -0.2) is 9.98 Å². The van der Waals surface area contributed by atoms with Gasteiger partial charge in [-0.3, -0.25) is 0 Å². The van der Waals surface area contributed by atoms with Crippen molar-refractivity contribution in [2.45, 2.75) is 6.42 Å². The van der Waals surface area contributed by atoms with Gasteiger partial charge in [0.2, 0.25) is 0 Å². The standard InChI is InChI=1S/C11H8N2O/c1-2-5-9-8(4-1)12-11(13-9)10-6-3-7-14-10/h1-4,6-7H,5H2. The van der Waals surface area contributed by atoms with Crippen molar-refractivity contribution < 1.29 is 4.42 Å². The van der Waals surface area contributed by atoms with Gasteiger partial charge >= 0.3 is 0 Å². The topological polar surface area (TPSA) is 37.9 Å². The highest BCUT2D eigenvalue weighted by atomic mass is 16.3. The van der Waals surface area contributed by atoms with Gasteiger partial charge in [-0.05, 0) is 18.2 Å². The second-order valence-corrected chi connectivity index (χ2v) is 3.16. The molecule has 3 nitrogen and oxygen atoms in total. The molecule has 68 valence electrons. The van der Waals surface area contributed by atoms with Crippen LogP contribution in [0.5, 0.6) is 0 Å². The summed E-state index contributed by atoms with van der Waals surface area (Å²) in [5.41, 5.74) is 1.98. The molecule has 0 saturated heterocycles. The van der Waals surface area contributed by atoms with E-state index in [9.17, 15) is 0 Å². The minimum atomic E-state index is 0.681. The Morgan fingerprint density at radius 1 is 1.29 bits per heavy atom. The summed E-state index contributed by atoms with van der Waals surface area (Å²) >= 11 is 0. The maximum atomic E-state index is 5.24. The van der Waals surface area contributed by atoms with Gasteiger partial charge in [0, 0.05) is 6.42 Å². The number of allylic oxidation sites excluding steroid dienone is 4. The predicted octanol–water partition coefficient (Wildman–Crippen LogP) is 2.32. The van der Waals surface area contributed by atoms with Crippen molar-refractivity contribution in [2.24, 2.45) is 9.98 Å². The fourth-order valence-corrected chi connectivity index (χ4v) is 1.53. The maximum Gasteiger partial charge on any atom is 0.196 e. The fourth-order valence-electron chi connectivity index (χ4n) is 1.53. The van der Waals surface area contributed by atoms with Crippen LogP contribution in [0.2, 0.25) is 0 Å². The van der Waals surface area contributed by atoms with Gasteiger partial charge in [0.25, 0.3) is 0 Å². The molecule has 1 aromatic heterocycles. The SMILES string of the molecule is C1=CCC2=NC(c3ccco3)=NC2=C1. The summed E-state index contributed by atoms with van der Waals surface area (Å²) in [6, 6.07) is 3.71. The van der Waals surface area contributed by atoms with E-state index in [-0.39, 0.29) is 0 Å². The highest BCUT2D eigenvalue weighted by molar-refractivity contribution is 6.18. The molecule has 1 aromatic rings. The molecule has 0 atom stereocenters. The first kappa shape index (κ1) is 7.50. The number of nitrogens with zero attached hydrogens (tertiary/aromatic N) is 2. The van der Waals surface area contributed by atoms with Gasteiger partial charge in [0.05, 0.1) is 17.7 Å². The average Bonchev–Trinajstić information content (AvgIpc) is 2.86. The van der Waals surface area contributed by atoms with Crippen LogP contribution in [0.4, 0.5) is 0 Å². The summed E-state index contributed by atoms with van der Waals surface area (Å²) in [7, 11) is 0. The van der Waals surface area contributed by atoms with Gasteiger partial charge in [-0.2, -0.15) is 0 Å². The average molecular weight is 184 g/mol. The third-order valence-electron chi connectivity index (χ3n) is 2.21. The zero-order valence-electron chi connectivity index (χ0n) is 7.47. The highest BCUT2D eigenvalue weighted by Gasteiger charge is 2.18. The monoisotopic (exact) mass is 184 g/mol. The Bertz CT molecular complexity index is 475. The molecule has 0 N–H and O–H groups in total. The predicted molar refractivity (Wildman–Crippen MR) is 54.5 cm³/mol. The highest BCUT2D eigenvalue weighted by Crippen LogP contribution is 2.20. The summed E-state index contributed by atoms with van der Waals surface area (Å²) in [5.74, 6) is 1.41. The molecule has 0 spiro atoms.